The van der Waals surface area contributed by atoms with E-state index in [4.69, 9.17) is 0 Å². The molecule has 1 saturated heterocycles. The second kappa shape index (κ2) is 8.34. The van der Waals surface area contributed by atoms with E-state index < -0.39 is 0 Å². The number of piperidine rings is 1. The maximum Gasteiger partial charge on any atom is 0.326 e. The Labute approximate surface area is 168 Å². The van der Waals surface area contributed by atoms with Gasteiger partial charge in [-0.1, -0.05) is 30.3 Å². The third-order valence-corrected chi connectivity index (χ3v) is 5.47. The van der Waals surface area contributed by atoms with Gasteiger partial charge in [0.2, 0.25) is 5.91 Å². The summed E-state index contributed by atoms with van der Waals surface area (Å²) in [5, 5.41) is 2.79. The van der Waals surface area contributed by atoms with Crippen LogP contribution in [0, 0.1) is 0 Å². The van der Waals surface area contributed by atoms with Crippen molar-refractivity contribution in [2.45, 2.75) is 25.3 Å². The normalized spacial score (nSPS) is 14.8. The third-order valence-electron chi connectivity index (χ3n) is 5.47. The van der Waals surface area contributed by atoms with Crippen molar-refractivity contribution < 1.29 is 9.59 Å². The number of nitrogens with zero attached hydrogens (tertiary/aromatic N) is 2. The molecule has 7 heteroatoms. The SMILES string of the molecule is O=C(NCCC(=O)N1CCC(n2c(=O)[nH]c3ccccc32)CC1)c1ccccc1. The van der Waals surface area contributed by atoms with Crippen LogP contribution in [-0.2, 0) is 4.79 Å². The number of hydrogen-bond acceptors (Lipinski definition) is 3. The van der Waals surface area contributed by atoms with Crippen LogP contribution in [0.4, 0.5) is 0 Å². The third kappa shape index (κ3) is 4.08. The Morgan fingerprint density at radius 2 is 1.69 bits per heavy atom. The average molecular weight is 392 g/mol. The summed E-state index contributed by atoms with van der Waals surface area (Å²) in [6, 6.07) is 16.7. The Balaban J connectivity index is 1.29. The monoisotopic (exact) mass is 392 g/mol. The first-order valence-corrected chi connectivity index (χ1v) is 9.94. The van der Waals surface area contributed by atoms with Crippen molar-refractivity contribution in [3.8, 4) is 0 Å². The fourth-order valence-electron chi connectivity index (χ4n) is 3.94. The van der Waals surface area contributed by atoms with E-state index in [2.05, 4.69) is 10.3 Å². The predicted octanol–water partition coefficient (Wildman–Crippen LogP) is 2.31. The lowest BCUT2D eigenvalue weighted by Crippen LogP contribution is -2.41. The molecular formula is C22H24N4O3. The standard InChI is InChI=1S/C22H24N4O3/c27-20(10-13-23-21(28)16-6-2-1-3-7-16)25-14-11-17(12-15-25)26-19-9-5-4-8-18(19)24-22(26)29/h1-9,17H,10-15H2,(H,23,28)(H,24,29). The lowest BCUT2D eigenvalue weighted by Gasteiger charge is -2.32. The average Bonchev–Trinajstić information content (AvgIpc) is 3.10. The van der Waals surface area contributed by atoms with E-state index in [0.717, 1.165) is 23.9 Å². The topological polar surface area (TPSA) is 87.2 Å². The molecule has 0 unspecified atom stereocenters. The molecule has 1 aliphatic heterocycles. The Hall–Kier alpha value is -3.35. The van der Waals surface area contributed by atoms with E-state index in [0.29, 0.717) is 25.2 Å². The highest BCUT2D eigenvalue weighted by molar-refractivity contribution is 5.94. The van der Waals surface area contributed by atoms with Crippen LogP contribution < -0.4 is 11.0 Å². The quantitative estimate of drug-likeness (QED) is 0.699. The van der Waals surface area contributed by atoms with Crippen molar-refractivity contribution in [1.29, 1.82) is 0 Å². The molecule has 1 aliphatic rings. The molecular weight excluding hydrogens is 368 g/mol. The number of imidazole rings is 1. The van der Waals surface area contributed by atoms with Crippen molar-refractivity contribution in [3.63, 3.8) is 0 Å². The minimum atomic E-state index is -0.171. The van der Waals surface area contributed by atoms with Gasteiger partial charge in [-0.3, -0.25) is 14.2 Å². The summed E-state index contributed by atoms with van der Waals surface area (Å²) in [6.45, 7) is 1.54. The summed E-state index contributed by atoms with van der Waals surface area (Å²) < 4.78 is 1.82. The highest BCUT2D eigenvalue weighted by Crippen LogP contribution is 2.25. The number of hydrogen-bond donors (Lipinski definition) is 2. The summed E-state index contributed by atoms with van der Waals surface area (Å²) in [4.78, 5) is 41.6. The summed E-state index contributed by atoms with van der Waals surface area (Å²) >= 11 is 0. The van der Waals surface area contributed by atoms with E-state index in [1.165, 1.54) is 0 Å². The van der Waals surface area contributed by atoms with Crippen LogP contribution in [0.2, 0.25) is 0 Å². The van der Waals surface area contributed by atoms with Crippen LogP contribution in [0.3, 0.4) is 0 Å². The molecule has 0 radical (unpaired) electrons. The molecule has 0 aliphatic carbocycles. The molecule has 4 rings (SSSR count). The van der Waals surface area contributed by atoms with Gasteiger partial charge in [-0.25, -0.2) is 4.79 Å². The first-order chi connectivity index (χ1) is 14.1. The van der Waals surface area contributed by atoms with Crippen LogP contribution in [0.5, 0.6) is 0 Å². The number of nitrogens with one attached hydrogen (secondary N) is 2. The van der Waals surface area contributed by atoms with Gasteiger partial charge < -0.3 is 15.2 Å². The minimum Gasteiger partial charge on any atom is -0.352 e. The molecule has 2 heterocycles. The molecule has 1 fully saturated rings. The van der Waals surface area contributed by atoms with Crippen LogP contribution in [-0.4, -0.2) is 45.9 Å². The molecule has 2 N–H and O–H groups in total. The van der Waals surface area contributed by atoms with E-state index in [1.54, 1.807) is 12.1 Å². The lowest BCUT2D eigenvalue weighted by atomic mass is 10.0. The number of rotatable bonds is 5. The molecule has 0 bridgehead atoms. The molecule has 2 aromatic carbocycles. The predicted molar refractivity (Wildman–Crippen MR) is 111 cm³/mol. The number of H-pyrrole nitrogens is 1. The highest BCUT2D eigenvalue weighted by atomic mass is 16.2. The molecule has 0 saturated carbocycles. The molecule has 0 spiro atoms. The molecule has 2 amide bonds. The number of para-hydroxylation sites is 2. The van der Waals surface area contributed by atoms with Crippen molar-refractivity contribution in [2.75, 3.05) is 19.6 Å². The van der Waals surface area contributed by atoms with Gasteiger partial charge in [-0.2, -0.15) is 0 Å². The zero-order valence-electron chi connectivity index (χ0n) is 16.1. The zero-order chi connectivity index (χ0) is 20.2. The molecule has 7 nitrogen and oxygen atoms in total. The summed E-state index contributed by atoms with van der Waals surface area (Å²) in [5.74, 6) is -0.140. The van der Waals surface area contributed by atoms with Gasteiger partial charge in [-0.15, -0.1) is 0 Å². The second-order valence-corrected chi connectivity index (χ2v) is 7.30. The Kier molecular flexibility index (Phi) is 5.46. The van der Waals surface area contributed by atoms with Gasteiger partial charge in [0.15, 0.2) is 0 Å². The van der Waals surface area contributed by atoms with Gasteiger partial charge in [0.25, 0.3) is 5.91 Å². The van der Waals surface area contributed by atoms with E-state index in [-0.39, 0.29) is 30.0 Å². The Morgan fingerprint density at radius 3 is 2.45 bits per heavy atom. The van der Waals surface area contributed by atoms with Crippen molar-refractivity contribution in [3.05, 3.63) is 70.6 Å². The summed E-state index contributed by atoms with van der Waals surface area (Å²) in [6.07, 6.45) is 1.75. The second-order valence-electron chi connectivity index (χ2n) is 7.30. The largest absolute Gasteiger partial charge is 0.352 e. The van der Waals surface area contributed by atoms with Crippen LogP contribution in [0.1, 0.15) is 35.7 Å². The van der Waals surface area contributed by atoms with Crippen molar-refractivity contribution >= 4 is 22.8 Å². The van der Waals surface area contributed by atoms with Gasteiger partial charge in [0.05, 0.1) is 11.0 Å². The van der Waals surface area contributed by atoms with Gasteiger partial charge in [-0.05, 0) is 37.1 Å². The molecule has 29 heavy (non-hydrogen) atoms. The van der Waals surface area contributed by atoms with E-state index in [9.17, 15) is 14.4 Å². The van der Waals surface area contributed by atoms with Crippen molar-refractivity contribution in [2.24, 2.45) is 0 Å². The van der Waals surface area contributed by atoms with Crippen LogP contribution in [0.25, 0.3) is 11.0 Å². The molecule has 3 aromatic rings. The maximum atomic E-state index is 12.5. The molecule has 1 aromatic heterocycles. The first-order valence-electron chi connectivity index (χ1n) is 9.94. The number of likely N-dealkylation sites (tertiary alicyclic amines) is 1. The highest BCUT2D eigenvalue weighted by Gasteiger charge is 2.25. The number of aromatic amines is 1. The lowest BCUT2D eigenvalue weighted by molar-refractivity contribution is -0.132. The number of carbonyl (C=O) groups is 2. The Bertz CT molecular complexity index is 1060. The fraction of sp³-hybridized carbons (Fsp3) is 0.318. The maximum absolute atomic E-state index is 12.5. The van der Waals surface area contributed by atoms with Gasteiger partial charge in [0.1, 0.15) is 0 Å². The number of aromatic nitrogens is 2. The fourth-order valence-corrected chi connectivity index (χ4v) is 3.94. The van der Waals surface area contributed by atoms with Gasteiger partial charge >= 0.3 is 5.69 Å². The zero-order valence-corrected chi connectivity index (χ0v) is 16.1. The summed E-state index contributed by atoms with van der Waals surface area (Å²) in [5.41, 5.74) is 2.24. The van der Waals surface area contributed by atoms with Crippen LogP contribution >= 0.6 is 0 Å². The smallest absolute Gasteiger partial charge is 0.326 e. The number of fused-ring (bicyclic) bond motifs is 1. The Morgan fingerprint density at radius 1 is 1.00 bits per heavy atom. The van der Waals surface area contributed by atoms with Crippen molar-refractivity contribution in [1.82, 2.24) is 19.8 Å². The minimum absolute atomic E-state index is 0.0306. The summed E-state index contributed by atoms with van der Waals surface area (Å²) in [7, 11) is 0. The molecule has 150 valence electrons. The number of amides is 2. The van der Waals surface area contributed by atoms with E-state index >= 15 is 0 Å². The molecule has 0 atom stereocenters. The number of carbonyl (C=O) groups excluding carboxylic acids is 2. The van der Waals surface area contributed by atoms with Crippen LogP contribution in [0.15, 0.2) is 59.4 Å². The first kappa shape index (κ1) is 19.0. The van der Waals surface area contributed by atoms with Gasteiger partial charge in [0, 0.05) is 37.7 Å². The number of benzene rings is 2. The van der Waals surface area contributed by atoms with E-state index in [1.807, 2.05) is 51.9 Å².